The molecule has 3 aromatic rings. The molecular formula is C28H27NO5. The van der Waals surface area contributed by atoms with E-state index in [1.165, 1.54) is 23.3 Å². The highest BCUT2D eigenvalue weighted by atomic mass is 16.6. The van der Waals surface area contributed by atoms with E-state index in [9.17, 15) is 14.7 Å². The van der Waals surface area contributed by atoms with Crippen LogP contribution >= 0.6 is 0 Å². The van der Waals surface area contributed by atoms with Crippen molar-refractivity contribution in [3.05, 3.63) is 89.5 Å². The minimum Gasteiger partial charge on any atom is -0.478 e. The molecule has 1 heterocycles. The van der Waals surface area contributed by atoms with Crippen molar-refractivity contribution >= 4 is 17.7 Å². The molecule has 0 aromatic heterocycles. The van der Waals surface area contributed by atoms with E-state index in [1.54, 1.807) is 17.0 Å². The fraction of sp³-hybridized carbons (Fsp3) is 0.286. The number of anilines is 1. The Hall–Kier alpha value is -3.64. The van der Waals surface area contributed by atoms with Gasteiger partial charge in [0, 0.05) is 24.8 Å². The topological polar surface area (TPSA) is 76.1 Å². The number of fused-ring (bicyclic) bond motifs is 3. The predicted molar refractivity (Wildman–Crippen MR) is 129 cm³/mol. The van der Waals surface area contributed by atoms with Gasteiger partial charge in [0.05, 0.1) is 11.7 Å². The number of carbonyl (C=O) groups is 2. The molecule has 1 aliphatic carbocycles. The van der Waals surface area contributed by atoms with Crippen LogP contribution in [0.4, 0.5) is 10.5 Å². The number of hydrogen-bond donors (Lipinski definition) is 1. The van der Waals surface area contributed by atoms with E-state index >= 15 is 0 Å². The molecule has 6 nitrogen and oxygen atoms in total. The maximum absolute atomic E-state index is 13.3. The van der Waals surface area contributed by atoms with Gasteiger partial charge in [0.1, 0.15) is 6.61 Å². The van der Waals surface area contributed by atoms with Crippen LogP contribution in [0.5, 0.6) is 0 Å². The summed E-state index contributed by atoms with van der Waals surface area (Å²) in [7, 11) is 0. The maximum Gasteiger partial charge on any atom is 0.414 e. The second kappa shape index (κ2) is 9.69. The third-order valence-corrected chi connectivity index (χ3v) is 6.68. The summed E-state index contributed by atoms with van der Waals surface area (Å²) < 4.78 is 11.6. The van der Waals surface area contributed by atoms with Gasteiger partial charge in [-0.15, -0.1) is 0 Å². The highest BCUT2D eigenvalue weighted by Crippen LogP contribution is 2.44. The van der Waals surface area contributed by atoms with Crippen LogP contribution < -0.4 is 4.90 Å². The number of benzene rings is 3. The minimum absolute atomic E-state index is 0.0225. The summed E-state index contributed by atoms with van der Waals surface area (Å²) >= 11 is 0. The van der Waals surface area contributed by atoms with Crippen LogP contribution in [0, 0.1) is 0 Å². The van der Waals surface area contributed by atoms with Crippen molar-refractivity contribution in [2.45, 2.75) is 31.3 Å². The van der Waals surface area contributed by atoms with E-state index < -0.39 is 12.1 Å². The van der Waals surface area contributed by atoms with Crippen LogP contribution in [-0.2, 0) is 9.47 Å². The Balaban J connectivity index is 1.34. The van der Waals surface area contributed by atoms with Crippen LogP contribution in [0.1, 0.15) is 46.7 Å². The second-order valence-corrected chi connectivity index (χ2v) is 8.73. The van der Waals surface area contributed by atoms with E-state index in [0.29, 0.717) is 18.7 Å². The number of amides is 1. The molecule has 1 N–H and O–H groups in total. The molecule has 0 radical (unpaired) electrons. The van der Waals surface area contributed by atoms with E-state index in [2.05, 4.69) is 24.3 Å². The van der Waals surface area contributed by atoms with Crippen molar-refractivity contribution < 1.29 is 24.2 Å². The minimum atomic E-state index is -1.00. The largest absolute Gasteiger partial charge is 0.478 e. The molecule has 2 aliphatic rings. The van der Waals surface area contributed by atoms with Crippen LogP contribution in [0.25, 0.3) is 11.1 Å². The van der Waals surface area contributed by atoms with Gasteiger partial charge in [0.15, 0.2) is 0 Å². The number of hydrogen-bond acceptors (Lipinski definition) is 4. The number of rotatable bonds is 7. The first kappa shape index (κ1) is 22.2. The van der Waals surface area contributed by atoms with Crippen molar-refractivity contribution in [3.63, 3.8) is 0 Å². The van der Waals surface area contributed by atoms with Gasteiger partial charge in [0.2, 0.25) is 0 Å². The summed E-state index contributed by atoms with van der Waals surface area (Å²) in [5.74, 6) is -1.02. The molecule has 0 saturated carbocycles. The highest BCUT2D eigenvalue weighted by molar-refractivity contribution is 5.91. The van der Waals surface area contributed by atoms with E-state index in [0.717, 1.165) is 30.6 Å². The predicted octanol–water partition coefficient (Wildman–Crippen LogP) is 5.71. The molecule has 1 fully saturated rings. The SMILES string of the molecule is O=C(O)c1ccc(N(CCC2CCCO2)C(=O)OCC2c3ccccc3-c3ccccc32)cc1. The quantitative estimate of drug-likeness (QED) is 0.492. The molecule has 1 amide bonds. The molecule has 174 valence electrons. The van der Waals surface area contributed by atoms with Crippen molar-refractivity contribution in [2.75, 3.05) is 24.7 Å². The number of nitrogens with zero attached hydrogens (tertiary/aromatic N) is 1. The molecule has 1 atom stereocenters. The highest BCUT2D eigenvalue weighted by Gasteiger charge is 2.30. The lowest BCUT2D eigenvalue weighted by molar-refractivity contribution is 0.0697. The van der Waals surface area contributed by atoms with Gasteiger partial charge in [-0.25, -0.2) is 9.59 Å². The summed E-state index contributed by atoms with van der Waals surface area (Å²) in [5.41, 5.74) is 5.47. The molecule has 34 heavy (non-hydrogen) atoms. The number of ether oxygens (including phenoxy) is 2. The summed E-state index contributed by atoms with van der Waals surface area (Å²) in [5, 5.41) is 9.21. The third-order valence-electron chi connectivity index (χ3n) is 6.68. The molecular weight excluding hydrogens is 430 g/mol. The van der Waals surface area contributed by atoms with E-state index in [1.807, 2.05) is 24.3 Å². The standard InChI is InChI=1S/C28H27NO5/c30-27(31)19-11-13-20(14-12-19)29(16-15-21-6-5-17-33-21)28(32)34-18-26-24-9-3-1-7-22(24)23-8-2-4-10-25(23)26/h1-4,7-14,21,26H,5-6,15-18H2,(H,30,31). The fourth-order valence-electron chi connectivity index (χ4n) is 4.93. The Bertz CT molecular complexity index is 1140. The third kappa shape index (κ3) is 4.41. The van der Waals surface area contributed by atoms with Gasteiger partial charge in [-0.3, -0.25) is 4.90 Å². The summed E-state index contributed by atoms with van der Waals surface area (Å²) in [6.07, 6.45) is 2.40. The molecule has 1 saturated heterocycles. The number of carboxylic acid groups (broad SMARTS) is 1. The molecule has 6 heteroatoms. The monoisotopic (exact) mass is 457 g/mol. The Morgan fingerprint density at radius 3 is 2.18 bits per heavy atom. The molecule has 3 aromatic carbocycles. The fourth-order valence-corrected chi connectivity index (χ4v) is 4.93. The zero-order chi connectivity index (χ0) is 23.5. The van der Waals surface area contributed by atoms with Gasteiger partial charge < -0.3 is 14.6 Å². The molecule has 1 unspecified atom stereocenters. The zero-order valence-corrected chi connectivity index (χ0v) is 18.9. The first-order chi connectivity index (χ1) is 16.6. The molecule has 5 rings (SSSR count). The van der Waals surface area contributed by atoms with Gasteiger partial charge in [-0.1, -0.05) is 48.5 Å². The number of carboxylic acids is 1. The average molecular weight is 458 g/mol. The Morgan fingerprint density at radius 1 is 0.941 bits per heavy atom. The van der Waals surface area contributed by atoms with Crippen LogP contribution in [0.3, 0.4) is 0 Å². The first-order valence-corrected chi connectivity index (χ1v) is 11.7. The van der Waals surface area contributed by atoms with E-state index in [-0.39, 0.29) is 24.2 Å². The van der Waals surface area contributed by atoms with Gasteiger partial charge in [0.25, 0.3) is 0 Å². The first-order valence-electron chi connectivity index (χ1n) is 11.7. The van der Waals surface area contributed by atoms with Gasteiger partial charge >= 0.3 is 12.1 Å². The molecule has 0 spiro atoms. The molecule has 0 bridgehead atoms. The van der Waals surface area contributed by atoms with Crippen LogP contribution in [0.15, 0.2) is 72.8 Å². The van der Waals surface area contributed by atoms with Crippen molar-refractivity contribution in [3.8, 4) is 11.1 Å². The Kier molecular flexibility index (Phi) is 6.32. The lowest BCUT2D eigenvalue weighted by Crippen LogP contribution is -2.35. The van der Waals surface area contributed by atoms with Crippen LogP contribution in [0.2, 0.25) is 0 Å². The lowest BCUT2D eigenvalue weighted by atomic mass is 9.98. The van der Waals surface area contributed by atoms with Gasteiger partial charge in [-0.2, -0.15) is 0 Å². The van der Waals surface area contributed by atoms with Crippen molar-refractivity contribution in [1.29, 1.82) is 0 Å². The number of carbonyl (C=O) groups excluding carboxylic acids is 1. The van der Waals surface area contributed by atoms with Gasteiger partial charge in [-0.05, 0) is 65.8 Å². The summed E-state index contributed by atoms with van der Waals surface area (Å²) in [4.78, 5) is 26.1. The lowest BCUT2D eigenvalue weighted by Gasteiger charge is -2.25. The summed E-state index contributed by atoms with van der Waals surface area (Å²) in [6, 6.07) is 22.8. The normalized spacial score (nSPS) is 16.6. The Labute approximate surface area is 198 Å². The van der Waals surface area contributed by atoms with Crippen molar-refractivity contribution in [2.24, 2.45) is 0 Å². The van der Waals surface area contributed by atoms with Crippen molar-refractivity contribution in [1.82, 2.24) is 0 Å². The Morgan fingerprint density at radius 2 is 1.59 bits per heavy atom. The average Bonchev–Trinajstić information content (AvgIpc) is 3.49. The van der Waals surface area contributed by atoms with Crippen LogP contribution in [-0.4, -0.2) is 43.0 Å². The maximum atomic E-state index is 13.3. The zero-order valence-electron chi connectivity index (χ0n) is 18.9. The molecule has 1 aliphatic heterocycles. The smallest absolute Gasteiger partial charge is 0.414 e. The second-order valence-electron chi connectivity index (χ2n) is 8.73. The number of aromatic carboxylic acids is 1. The summed E-state index contributed by atoms with van der Waals surface area (Å²) in [6.45, 7) is 1.42. The van der Waals surface area contributed by atoms with E-state index in [4.69, 9.17) is 9.47 Å².